The molecule has 1 aromatic heterocycles. The van der Waals surface area contributed by atoms with Gasteiger partial charge in [0, 0.05) is 13.1 Å². The molecule has 0 aliphatic carbocycles. The van der Waals surface area contributed by atoms with Gasteiger partial charge in [0.2, 0.25) is 0 Å². The van der Waals surface area contributed by atoms with Crippen LogP contribution in [0.2, 0.25) is 0 Å². The third kappa shape index (κ3) is 3.14. The summed E-state index contributed by atoms with van der Waals surface area (Å²) in [6.45, 7) is 4.17. The largest absolute Gasteiger partial charge is 0.504 e. The molecule has 0 unspecified atom stereocenters. The molecule has 26 heavy (non-hydrogen) atoms. The van der Waals surface area contributed by atoms with Crippen LogP contribution in [0.5, 0.6) is 5.75 Å². The summed E-state index contributed by atoms with van der Waals surface area (Å²) in [4.78, 5) is 26.0. The van der Waals surface area contributed by atoms with E-state index in [1.165, 1.54) is 41.1 Å². The summed E-state index contributed by atoms with van der Waals surface area (Å²) in [5.41, 5.74) is 1.07. The van der Waals surface area contributed by atoms with Crippen molar-refractivity contribution in [3.63, 3.8) is 0 Å². The Morgan fingerprint density at radius 2 is 2.08 bits per heavy atom. The Kier molecular flexibility index (Phi) is 4.67. The average molecular weight is 361 g/mol. The first-order valence-corrected chi connectivity index (χ1v) is 8.24. The van der Waals surface area contributed by atoms with Crippen LogP contribution in [0, 0.1) is 24.6 Å². The van der Waals surface area contributed by atoms with Crippen molar-refractivity contribution in [3.05, 3.63) is 41.5 Å². The first kappa shape index (κ1) is 17.9. The average Bonchev–Trinajstić information content (AvgIpc) is 3.16. The molecule has 0 spiro atoms. The molecular weight excluding hydrogens is 341 g/mol. The fourth-order valence-electron chi connectivity index (χ4n) is 3.26. The highest BCUT2D eigenvalue weighted by molar-refractivity contribution is 5.95. The standard InChI is InChI=1S/C18H20FN3O4/c1-10-6-12(19)4-5-14(10)22-9-15(23)16(20-22)17(24)21-7-11(2)13(8-21)18(25)26-3/h4-6,9,11,13,23H,7-8H2,1-3H3/t11-,13-/m1/s1. The second-order valence-electron chi connectivity index (χ2n) is 6.56. The first-order chi connectivity index (χ1) is 12.3. The van der Waals surface area contributed by atoms with Crippen LogP contribution < -0.4 is 0 Å². The normalized spacial score (nSPS) is 19.6. The number of hydrogen-bond acceptors (Lipinski definition) is 5. The highest BCUT2D eigenvalue weighted by Gasteiger charge is 2.39. The monoisotopic (exact) mass is 361 g/mol. The number of aromatic nitrogens is 2. The van der Waals surface area contributed by atoms with Crippen molar-refractivity contribution < 1.29 is 23.8 Å². The van der Waals surface area contributed by atoms with E-state index in [9.17, 15) is 19.1 Å². The minimum Gasteiger partial charge on any atom is -0.504 e. The van der Waals surface area contributed by atoms with Crippen LogP contribution in [0.3, 0.4) is 0 Å². The third-order valence-electron chi connectivity index (χ3n) is 4.71. The van der Waals surface area contributed by atoms with Crippen molar-refractivity contribution in [2.24, 2.45) is 11.8 Å². The number of amides is 1. The number of carbonyl (C=O) groups is 2. The lowest BCUT2D eigenvalue weighted by Crippen LogP contribution is -2.30. The van der Waals surface area contributed by atoms with E-state index >= 15 is 0 Å². The number of esters is 1. The van der Waals surface area contributed by atoms with Gasteiger partial charge in [-0.25, -0.2) is 9.07 Å². The number of rotatable bonds is 3. The summed E-state index contributed by atoms with van der Waals surface area (Å²) in [6.07, 6.45) is 1.31. The molecule has 0 bridgehead atoms. The number of halogens is 1. The fourth-order valence-corrected chi connectivity index (χ4v) is 3.26. The molecule has 2 heterocycles. The van der Waals surface area contributed by atoms with Crippen molar-refractivity contribution in [2.45, 2.75) is 13.8 Å². The Labute approximate surface area is 150 Å². The molecule has 1 fully saturated rings. The number of methoxy groups -OCH3 is 1. The minimum atomic E-state index is -0.459. The maximum absolute atomic E-state index is 13.3. The van der Waals surface area contributed by atoms with Crippen molar-refractivity contribution >= 4 is 11.9 Å². The lowest BCUT2D eigenvalue weighted by atomic mass is 9.99. The Bertz CT molecular complexity index is 864. The second-order valence-corrected chi connectivity index (χ2v) is 6.56. The van der Waals surface area contributed by atoms with Crippen LogP contribution in [0.15, 0.2) is 24.4 Å². The quantitative estimate of drug-likeness (QED) is 0.844. The maximum atomic E-state index is 13.3. The third-order valence-corrected chi connectivity index (χ3v) is 4.71. The zero-order chi connectivity index (χ0) is 19.0. The summed E-state index contributed by atoms with van der Waals surface area (Å²) >= 11 is 0. The van der Waals surface area contributed by atoms with Gasteiger partial charge in [-0.2, -0.15) is 5.10 Å². The van der Waals surface area contributed by atoms with Crippen molar-refractivity contribution in [2.75, 3.05) is 20.2 Å². The molecule has 0 radical (unpaired) electrons. The number of benzene rings is 1. The van der Waals surface area contributed by atoms with Gasteiger partial charge in [0.1, 0.15) is 5.82 Å². The van der Waals surface area contributed by atoms with Gasteiger partial charge < -0.3 is 14.7 Å². The van der Waals surface area contributed by atoms with Gasteiger partial charge in [0.15, 0.2) is 11.4 Å². The molecule has 2 atom stereocenters. The number of carbonyl (C=O) groups excluding carboxylic acids is 2. The number of hydrogen-bond donors (Lipinski definition) is 1. The Balaban J connectivity index is 1.85. The summed E-state index contributed by atoms with van der Waals surface area (Å²) in [7, 11) is 1.32. The molecule has 1 aliphatic heterocycles. The predicted octanol–water partition coefficient (Wildman–Crippen LogP) is 1.91. The van der Waals surface area contributed by atoms with E-state index in [1.807, 2.05) is 6.92 Å². The Hall–Kier alpha value is -2.90. The molecule has 2 aromatic rings. The molecule has 1 amide bonds. The van der Waals surface area contributed by atoms with Gasteiger partial charge in [0.25, 0.3) is 5.91 Å². The van der Waals surface area contributed by atoms with Crippen LogP contribution >= 0.6 is 0 Å². The van der Waals surface area contributed by atoms with Crippen molar-refractivity contribution in [3.8, 4) is 11.4 Å². The van der Waals surface area contributed by atoms with Gasteiger partial charge in [-0.15, -0.1) is 0 Å². The second kappa shape index (κ2) is 6.78. The summed E-state index contributed by atoms with van der Waals surface area (Å²) < 4.78 is 19.4. The van der Waals surface area contributed by atoms with Crippen molar-refractivity contribution in [1.82, 2.24) is 14.7 Å². The number of likely N-dealkylation sites (tertiary alicyclic amines) is 1. The van der Waals surface area contributed by atoms with E-state index in [4.69, 9.17) is 4.74 Å². The van der Waals surface area contributed by atoms with E-state index in [0.717, 1.165) is 0 Å². The zero-order valence-corrected chi connectivity index (χ0v) is 14.8. The van der Waals surface area contributed by atoms with E-state index in [1.54, 1.807) is 6.92 Å². The Morgan fingerprint density at radius 3 is 2.73 bits per heavy atom. The smallest absolute Gasteiger partial charge is 0.310 e. The van der Waals surface area contributed by atoms with Gasteiger partial charge in [-0.05, 0) is 36.6 Å². The molecule has 8 heteroatoms. The van der Waals surface area contributed by atoms with Gasteiger partial charge in [0.05, 0.1) is 24.9 Å². The molecule has 0 saturated carbocycles. The highest BCUT2D eigenvalue weighted by atomic mass is 19.1. The lowest BCUT2D eigenvalue weighted by molar-refractivity contribution is -0.146. The number of aryl methyl sites for hydroxylation is 1. The van der Waals surface area contributed by atoms with Gasteiger partial charge >= 0.3 is 5.97 Å². The van der Waals surface area contributed by atoms with Crippen LogP contribution in [0.25, 0.3) is 5.69 Å². The first-order valence-electron chi connectivity index (χ1n) is 8.24. The highest BCUT2D eigenvalue weighted by Crippen LogP contribution is 2.28. The number of ether oxygens (including phenoxy) is 1. The van der Waals surface area contributed by atoms with E-state index in [2.05, 4.69) is 5.10 Å². The summed E-state index contributed by atoms with van der Waals surface area (Å²) in [5.74, 6) is -1.90. The maximum Gasteiger partial charge on any atom is 0.310 e. The van der Waals surface area contributed by atoms with Crippen molar-refractivity contribution in [1.29, 1.82) is 0 Å². The van der Waals surface area contributed by atoms with Gasteiger partial charge in [-0.1, -0.05) is 6.92 Å². The fraction of sp³-hybridized carbons (Fsp3) is 0.389. The molecule has 1 N–H and O–H groups in total. The molecular formula is C18H20FN3O4. The molecule has 138 valence electrons. The van der Waals surface area contributed by atoms with Gasteiger partial charge in [-0.3, -0.25) is 9.59 Å². The van der Waals surface area contributed by atoms with Crippen LogP contribution in [-0.4, -0.2) is 51.9 Å². The minimum absolute atomic E-state index is 0.0463. The molecule has 7 nitrogen and oxygen atoms in total. The topological polar surface area (TPSA) is 84.7 Å². The SMILES string of the molecule is COC(=O)[C@@H]1CN(C(=O)c2nn(-c3ccc(F)cc3C)cc2O)C[C@H]1C. The van der Waals surface area contributed by atoms with Crippen LogP contribution in [-0.2, 0) is 9.53 Å². The molecule has 3 rings (SSSR count). The van der Waals surface area contributed by atoms with E-state index in [-0.39, 0.29) is 35.7 Å². The lowest BCUT2D eigenvalue weighted by Gasteiger charge is -2.14. The van der Waals surface area contributed by atoms with E-state index in [0.29, 0.717) is 17.8 Å². The summed E-state index contributed by atoms with van der Waals surface area (Å²) in [5, 5.41) is 14.3. The van der Waals surface area contributed by atoms with Crippen LogP contribution in [0.1, 0.15) is 23.0 Å². The predicted molar refractivity (Wildman–Crippen MR) is 90.5 cm³/mol. The summed E-state index contributed by atoms with van der Waals surface area (Å²) in [6, 6.07) is 4.15. The van der Waals surface area contributed by atoms with E-state index < -0.39 is 11.8 Å². The Morgan fingerprint density at radius 1 is 1.35 bits per heavy atom. The molecule has 1 aliphatic rings. The molecule has 1 saturated heterocycles. The number of nitrogens with zero attached hydrogens (tertiary/aromatic N) is 3. The molecule has 1 aromatic carbocycles. The van der Waals surface area contributed by atoms with Crippen LogP contribution in [0.4, 0.5) is 4.39 Å². The zero-order valence-electron chi connectivity index (χ0n) is 14.8. The number of aromatic hydroxyl groups is 1.